The molecule has 5 amide bonds. The molecule has 0 spiro atoms. The normalized spacial score (nSPS) is 21.4. The van der Waals surface area contributed by atoms with Crippen molar-refractivity contribution in [1.82, 2.24) is 20.4 Å². The third-order valence-electron chi connectivity index (χ3n) is 5.71. The molecule has 1 aromatic carbocycles. The first-order valence-electron chi connectivity index (χ1n) is 11.0. The summed E-state index contributed by atoms with van der Waals surface area (Å²) in [7, 11) is 0. The number of nitrogens with zero attached hydrogens (tertiary/aromatic N) is 2. The van der Waals surface area contributed by atoms with E-state index in [0.717, 1.165) is 23.3 Å². The molecule has 0 radical (unpaired) electrons. The third kappa shape index (κ3) is 5.77. The van der Waals surface area contributed by atoms with Crippen molar-refractivity contribution in [3.05, 3.63) is 35.4 Å². The van der Waals surface area contributed by atoms with Crippen LogP contribution in [-0.2, 0) is 16.1 Å². The van der Waals surface area contributed by atoms with Gasteiger partial charge in [-0.05, 0) is 57.2 Å². The fraction of sp³-hybridized carbons (Fsp3) is 0.565. The predicted molar refractivity (Wildman–Crippen MR) is 118 cm³/mol. The minimum Gasteiger partial charge on any atom is -0.444 e. The molecule has 0 bridgehead atoms. The number of alkyl carbamates (subject to hydrolysis) is 1. The molecule has 0 saturated carbocycles. The molecule has 2 aliphatic rings. The summed E-state index contributed by atoms with van der Waals surface area (Å²) in [5, 5.41) is 5.29. The van der Waals surface area contributed by atoms with Gasteiger partial charge >= 0.3 is 12.1 Å². The SMILES string of the molecule is C[C@@H]1CCCN(C(=O)c2ccc(CN3C(=O)CNC3=O)cc2)[C@H]1CNC(=O)OC(C)(C)C. The maximum atomic E-state index is 13.2. The molecule has 2 saturated heterocycles. The van der Waals surface area contributed by atoms with E-state index >= 15 is 0 Å². The monoisotopic (exact) mass is 444 g/mol. The van der Waals surface area contributed by atoms with E-state index < -0.39 is 17.7 Å². The van der Waals surface area contributed by atoms with Gasteiger partial charge in [-0.2, -0.15) is 0 Å². The molecule has 9 nitrogen and oxygen atoms in total. The summed E-state index contributed by atoms with van der Waals surface area (Å²) >= 11 is 0. The van der Waals surface area contributed by atoms with Crippen LogP contribution < -0.4 is 10.6 Å². The van der Waals surface area contributed by atoms with E-state index in [1.54, 1.807) is 45.0 Å². The predicted octanol–water partition coefficient (Wildman–Crippen LogP) is 2.50. The Labute approximate surface area is 188 Å². The average molecular weight is 445 g/mol. The molecule has 174 valence electrons. The largest absolute Gasteiger partial charge is 0.444 e. The molecule has 2 atom stereocenters. The molecular weight excluding hydrogens is 412 g/mol. The van der Waals surface area contributed by atoms with Crippen molar-refractivity contribution in [2.75, 3.05) is 19.6 Å². The van der Waals surface area contributed by atoms with E-state index in [9.17, 15) is 19.2 Å². The summed E-state index contributed by atoms with van der Waals surface area (Å²) in [6.45, 7) is 8.63. The number of rotatable bonds is 5. The standard InChI is InChI=1S/C23H32N4O5/c1-15-6-5-11-26(18(15)12-25-22(31)32-23(2,3)4)20(29)17-9-7-16(8-10-17)14-27-19(28)13-24-21(27)30/h7-10,15,18H,5-6,11-14H2,1-4H3,(H,24,30)(H,25,31)/t15-,18+/m1/s1. The van der Waals surface area contributed by atoms with Crippen molar-refractivity contribution < 1.29 is 23.9 Å². The maximum Gasteiger partial charge on any atom is 0.407 e. The van der Waals surface area contributed by atoms with Crippen LogP contribution >= 0.6 is 0 Å². The van der Waals surface area contributed by atoms with E-state index in [1.165, 1.54) is 0 Å². The Balaban J connectivity index is 1.65. The second-order valence-corrected chi connectivity index (χ2v) is 9.40. The number of ether oxygens (including phenoxy) is 1. The highest BCUT2D eigenvalue weighted by Crippen LogP contribution is 2.25. The molecule has 2 aliphatic heterocycles. The lowest BCUT2D eigenvalue weighted by Gasteiger charge is -2.40. The summed E-state index contributed by atoms with van der Waals surface area (Å²) in [5.41, 5.74) is 0.712. The highest BCUT2D eigenvalue weighted by molar-refractivity contribution is 6.01. The number of urea groups is 1. The van der Waals surface area contributed by atoms with Gasteiger partial charge < -0.3 is 20.3 Å². The van der Waals surface area contributed by atoms with Gasteiger partial charge in [-0.1, -0.05) is 19.1 Å². The minimum atomic E-state index is -0.583. The Morgan fingerprint density at radius 1 is 1.19 bits per heavy atom. The first-order chi connectivity index (χ1) is 15.0. The molecule has 2 N–H and O–H groups in total. The number of nitrogens with one attached hydrogen (secondary N) is 2. The average Bonchev–Trinajstić information content (AvgIpc) is 3.03. The topological polar surface area (TPSA) is 108 Å². The Morgan fingerprint density at radius 2 is 1.88 bits per heavy atom. The molecule has 1 aromatic rings. The van der Waals surface area contributed by atoms with Crippen LogP contribution in [-0.4, -0.2) is 65.0 Å². The second-order valence-electron chi connectivity index (χ2n) is 9.40. The number of carbonyl (C=O) groups is 4. The minimum absolute atomic E-state index is 0.0151. The first-order valence-corrected chi connectivity index (χ1v) is 11.0. The Bertz CT molecular complexity index is 861. The highest BCUT2D eigenvalue weighted by atomic mass is 16.6. The van der Waals surface area contributed by atoms with Crippen LogP contribution in [0.1, 0.15) is 56.5 Å². The summed E-state index contributed by atoms with van der Waals surface area (Å²) in [6.07, 6.45) is 1.39. The molecule has 2 heterocycles. The Kier molecular flexibility index (Phi) is 7.06. The number of benzene rings is 1. The maximum absolute atomic E-state index is 13.2. The van der Waals surface area contributed by atoms with Gasteiger partial charge in [0.05, 0.1) is 19.1 Å². The van der Waals surface area contributed by atoms with E-state index in [-0.39, 0.29) is 36.9 Å². The molecule has 0 unspecified atom stereocenters. The molecule has 9 heteroatoms. The van der Waals surface area contributed by atoms with Crippen molar-refractivity contribution in [3.63, 3.8) is 0 Å². The highest BCUT2D eigenvalue weighted by Gasteiger charge is 2.33. The third-order valence-corrected chi connectivity index (χ3v) is 5.71. The number of carbonyl (C=O) groups excluding carboxylic acids is 4. The number of hydrogen-bond donors (Lipinski definition) is 2. The first kappa shape index (κ1) is 23.6. The lowest BCUT2D eigenvalue weighted by Crippen LogP contribution is -2.53. The van der Waals surface area contributed by atoms with Crippen LogP contribution in [0, 0.1) is 5.92 Å². The quantitative estimate of drug-likeness (QED) is 0.679. The number of imide groups is 1. The van der Waals surface area contributed by atoms with Gasteiger partial charge in [0, 0.05) is 18.7 Å². The summed E-state index contributed by atoms with van der Waals surface area (Å²) in [4.78, 5) is 51.8. The van der Waals surface area contributed by atoms with Gasteiger partial charge in [0.1, 0.15) is 5.60 Å². The van der Waals surface area contributed by atoms with Gasteiger partial charge in [-0.25, -0.2) is 9.59 Å². The lowest BCUT2D eigenvalue weighted by molar-refractivity contribution is -0.125. The van der Waals surface area contributed by atoms with Crippen LogP contribution in [0.3, 0.4) is 0 Å². The van der Waals surface area contributed by atoms with Crippen molar-refractivity contribution in [1.29, 1.82) is 0 Å². The van der Waals surface area contributed by atoms with Gasteiger partial charge in [-0.15, -0.1) is 0 Å². The van der Waals surface area contributed by atoms with Gasteiger partial charge in [0.15, 0.2) is 0 Å². The van der Waals surface area contributed by atoms with E-state index in [0.29, 0.717) is 18.7 Å². The molecule has 3 rings (SSSR count). The number of amides is 5. The summed E-state index contributed by atoms with van der Waals surface area (Å²) in [6, 6.07) is 6.41. The summed E-state index contributed by atoms with van der Waals surface area (Å²) in [5.74, 6) is -0.131. The fourth-order valence-corrected chi connectivity index (χ4v) is 4.03. The summed E-state index contributed by atoms with van der Waals surface area (Å²) < 4.78 is 5.32. The molecular formula is C23H32N4O5. The zero-order valence-electron chi connectivity index (χ0n) is 19.1. The van der Waals surface area contributed by atoms with E-state index in [1.807, 2.05) is 4.90 Å². The van der Waals surface area contributed by atoms with Crippen molar-refractivity contribution >= 4 is 23.9 Å². The molecule has 0 aromatic heterocycles. The van der Waals surface area contributed by atoms with Crippen molar-refractivity contribution in [2.45, 2.75) is 58.7 Å². The lowest BCUT2D eigenvalue weighted by atomic mass is 9.90. The van der Waals surface area contributed by atoms with Gasteiger partial charge in [0.2, 0.25) is 5.91 Å². The smallest absolute Gasteiger partial charge is 0.407 e. The molecule has 2 fully saturated rings. The van der Waals surface area contributed by atoms with Crippen LogP contribution in [0.25, 0.3) is 0 Å². The van der Waals surface area contributed by atoms with Gasteiger partial charge in [-0.3, -0.25) is 14.5 Å². The second kappa shape index (κ2) is 9.58. The Morgan fingerprint density at radius 3 is 2.47 bits per heavy atom. The fourth-order valence-electron chi connectivity index (χ4n) is 4.03. The van der Waals surface area contributed by atoms with Crippen LogP contribution in [0.2, 0.25) is 0 Å². The van der Waals surface area contributed by atoms with E-state index in [2.05, 4.69) is 17.6 Å². The van der Waals surface area contributed by atoms with Crippen LogP contribution in [0.4, 0.5) is 9.59 Å². The molecule has 0 aliphatic carbocycles. The van der Waals surface area contributed by atoms with Crippen molar-refractivity contribution in [3.8, 4) is 0 Å². The zero-order valence-corrected chi connectivity index (χ0v) is 19.1. The zero-order chi connectivity index (χ0) is 23.5. The van der Waals surface area contributed by atoms with Crippen molar-refractivity contribution in [2.24, 2.45) is 5.92 Å². The Hall–Kier alpha value is -3.10. The number of hydrogen-bond acceptors (Lipinski definition) is 5. The van der Waals surface area contributed by atoms with Crippen LogP contribution in [0.5, 0.6) is 0 Å². The van der Waals surface area contributed by atoms with Crippen LogP contribution in [0.15, 0.2) is 24.3 Å². The van der Waals surface area contributed by atoms with E-state index in [4.69, 9.17) is 4.74 Å². The number of piperidine rings is 1. The molecule has 32 heavy (non-hydrogen) atoms. The van der Waals surface area contributed by atoms with Gasteiger partial charge in [0.25, 0.3) is 5.91 Å². The number of likely N-dealkylation sites (tertiary alicyclic amines) is 1.